The smallest absolute Gasteiger partial charge is 0.0709 e. The van der Waals surface area contributed by atoms with Crippen LogP contribution < -0.4 is 5.32 Å². The Morgan fingerprint density at radius 3 is 2.54 bits per heavy atom. The van der Waals surface area contributed by atoms with Crippen LogP contribution in [-0.2, 0) is 0 Å². The fraction of sp³-hybridized carbons (Fsp3) is 0.400. The number of alkyl halides is 2. The average molecular weight is 218 g/mol. The highest BCUT2D eigenvalue weighted by Gasteiger charge is 2.05. The molecule has 1 rings (SSSR count). The van der Waals surface area contributed by atoms with Gasteiger partial charge in [-0.3, -0.25) is 0 Å². The molecule has 0 saturated heterocycles. The molecule has 0 aliphatic carbocycles. The normalized spacial score (nSPS) is 12.8. The van der Waals surface area contributed by atoms with Gasteiger partial charge in [-0.2, -0.15) is 0 Å². The number of hydrogen-bond acceptors (Lipinski definition) is 1. The Kier molecular flexibility index (Phi) is 5.21. The van der Waals surface area contributed by atoms with Crippen molar-refractivity contribution in [1.82, 2.24) is 5.32 Å². The van der Waals surface area contributed by atoms with Crippen molar-refractivity contribution in [3.8, 4) is 0 Å². The van der Waals surface area contributed by atoms with Gasteiger partial charge in [0.2, 0.25) is 0 Å². The van der Waals surface area contributed by atoms with Gasteiger partial charge in [0.1, 0.15) is 0 Å². The van der Waals surface area contributed by atoms with Crippen LogP contribution in [0, 0.1) is 0 Å². The summed E-state index contributed by atoms with van der Waals surface area (Å²) < 4.78 is 0. The summed E-state index contributed by atoms with van der Waals surface area (Å²) in [5.41, 5.74) is 1.14. The lowest BCUT2D eigenvalue weighted by atomic mass is 10.1. The minimum Gasteiger partial charge on any atom is -0.314 e. The summed E-state index contributed by atoms with van der Waals surface area (Å²) in [4.78, 5) is 0. The zero-order valence-electron chi connectivity index (χ0n) is 7.34. The largest absolute Gasteiger partial charge is 0.314 e. The highest BCUT2D eigenvalue weighted by molar-refractivity contribution is 6.21. The van der Waals surface area contributed by atoms with Crippen molar-refractivity contribution >= 4 is 23.2 Å². The summed E-state index contributed by atoms with van der Waals surface area (Å²) in [5, 5.41) is 3.20. The molecule has 72 valence electrons. The van der Waals surface area contributed by atoms with E-state index < -0.39 is 0 Å². The third kappa shape index (κ3) is 3.99. The van der Waals surface area contributed by atoms with Crippen molar-refractivity contribution in [3.05, 3.63) is 35.9 Å². The molecule has 0 unspecified atom stereocenters. The van der Waals surface area contributed by atoms with Gasteiger partial charge in [-0.1, -0.05) is 30.3 Å². The van der Waals surface area contributed by atoms with Crippen LogP contribution in [-0.4, -0.2) is 19.0 Å². The number of halogens is 2. The van der Waals surface area contributed by atoms with Crippen LogP contribution in [0.2, 0.25) is 0 Å². The van der Waals surface area contributed by atoms with Gasteiger partial charge in [-0.15, -0.1) is 23.2 Å². The molecule has 0 aromatic heterocycles. The monoisotopic (exact) mass is 217 g/mol. The molecule has 0 spiro atoms. The van der Waals surface area contributed by atoms with E-state index in [0.717, 1.165) is 18.7 Å². The van der Waals surface area contributed by atoms with E-state index in [1.807, 2.05) is 30.3 Å². The molecule has 1 aromatic rings. The Hall–Kier alpha value is -0.240. The number of rotatable bonds is 5. The fourth-order valence-electron chi connectivity index (χ4n) is 1.08. The predicted molar refractivity (Wildman–Crippen MR) is 58.6 cm³/mol. The molecule has 0 bridgehead atoms. The second-order valence-corrected chi connectivity index (χ2v) is 3.68. The van der Waals surface area contributed by atoms with Gasteiger partial charge >= 0.3 is 0 Å². The van der Waals surface area contributed by atoms with Crippen LogP contribution >= 0.6 is 23.2 Å². The Balaban J connectivity index is 2.35. The molecule has 1 atom stereocenters. The summed E-state index contributed by atoms with van der Waals surface area (Å²) in [5.74, 6) is 0.623. The lowest BCUT2D eigenvalue weighted by molar-refractivity contribution is 0.705. The predicted octanol–water partition coefficient (Wildman–Crippen LogP) is 2.79. The number of hydrogen-bond donors (Lipinski definition) is 1. The first kappa shape index (κ1) is 10.8. The Labute approximate surface area is 89.0 Å². The van der Waals surface area contributed by atoms with Crippen molar-refractivity contribution in [1.29, 1.82) is 0 Å². The van der Waals surface area contributed by atoms with Crippen LogP contribution in [0.3, 0.4) is 0 Å². The van der Waals surface area contributed by atoms with Crippen LogP contribution in [0.5, 0.6) is 0 Å². The zero-order chi connectivity index (χ0) is 9.52. The van der Waals surface area contributed by atoms with Crippen LogP contribution in [0.1, 0.15) is 10.9 Å². The molecule has 0 radical (unpaired) electrons. The molecule has 1 aromatic carbocycles. The van der Waals surface area contributed by atoms with Crippen molar-refractivity contribution in [2.75, 3.05) is 19.0 Å². The van der Waals surface area contributed by atoms with E-state index in [-0.39, 0.29) is 5.38 Å². The maximum Gasteiger partial charge on any atom is 0.0709 e. The Morgan fingerprint density at radius 1 is 1.23 bits per heavy atom. The lowest BCUT2D eigenvalue weighted by Crippen LogP contribution is -2.21. The third-order valence-corrected chi connectivity index (χ3v) is 2.35. The molecule has 13 heavy (non-hydrogen) atoms. The van der Waals surface area contributed by atoms with E-state index in [2.05, 4.69) is 5.32 Å². The first-order valence-electron chi connectivity index (χ1n) is 4.30. The van der Waals surface area contributed by atoms with Gasteiger partial charge in [-0.25, -0.2) is 0 Å². The second-order valence-electron chi connectivity index (χ2n) is 2.77. The maximum atomic E-state index is 6.14. The van der Waals surface area contributed by atoms with Crippen molar-refractivity contribution in [3.63, 3.8) is 0 Å². The van der Waals surface area contributed by atoms with Crippen LogP contribution in [0.25, 0.3) is 0 Å². The van der Waals surface area contributed by atoms with E-state index in [1.54, 1.807) is 0 Å². The molecule has 0 aliphatic heterocycles. The minimum atomic E-state index is 0.0319. The molecular weight excluding hydrogens is 205 g/mol. The summed E-state index contributed by atoms with van der Waals surface area (Å²) >= 11 is 11.7. The maximum absolute atomic E-state index is 6.14. The van der Waals surface area contributed by atoms with Crippen LogP contribution in [0.4, 0.5) is 0 Å². The topological polar surface area (TPSA) is 12.0 Å². The molecule has 0 saturated carbocycles. The van der Waals surface area contributed by atoms with Crippen molar-refractivity contribution in [2.45, 2.75) is 5.38 Å². The molecule has 3 heteroatoms. The lowest BCUT2D eigenvalue weighted by Gasteiger charge is -2.09. The van der Waals surface area contributed by atoms with Crippen LogP contribution in [0.15, 0.2) is 30.3 Å². The third-order valence-electron chi connectivity index (χ3n) is 1.76. The highest BCUT2D eigenvalue weighted by Crippen LogP contribution is 2.18. The first-order valence-corrected chi connectivity index (χ1v) is 5.27. The van der Waals surface area contributed by atoms with Crippen molar-refractivity contribution < 1.29 is 0 Å². The second kappa shape index (κ2) is 6.25. The molecule has 0 amide bonds. The minimum absolute atomic E-state index is 0.0319. The van der Waals surface area contributed by atoms with Gasteiger partial charge in [0.05, 0.1) is 5.38 Å². The quantitative estimate of drug-likeness (QED) is 0.591. The van der Waals surface area contributed by atoms with Gasteiger partial charge < -0.3 is 5.32 Å². The summed E-state index contributed by atoms with van der Waals surface area (Å²) in [6, 6.07) is 10.0. The summed E-state index contributed by atoms with van der Waals surface area (Å²) in [7, 11) is 0. The summed E-state index contributed by atoms with van der Waals surface area (Å²) in [6.07, 6.45) is 0. The van der Waals surface area contributed by atoms with E-state index in [4.69, 9.17) is 23.2 Å². The van der Waals surface area contributed by atoms with Crippen molar-refractivity contribution in [2.24, 2.45) is 0 Å². The molecular formula is C10H13Cl2N. The number of nitrogens with one attached hydrogen (secondary N) is 1. The molecule has 1 nitrogen and oxygen atoms in total. The number of benzene rings is 1. The Bertz CT molecular complexity index is 226. The molecule has 0 aliphatic rings. The summed E-state index contributed by atoms with van der Waals surface area (Å²) in [6.45, 7) is 1.57. The molecule has 1 N–H and O–H groups in total. The van der Waals surface area contributed by atoms with E-state index in [9.17, 15) is 0 Å². The van der Waals surface area contributed by atoms with Gasteiger partial charge in [0.25, 0.3) is 0 Å². The van der Waals surface area contributed by atoms with Gasteiger partial charge in [0.15, 0.2) is 0 Å². The van der Waals surface area contributed by atoms with Gasteiger partial charge in [0, 0.05) is 19.0 Å². The molecule has 0 fully saturated rings. The molecule has 0 heterocycles. The standard InChI is InChI=1S/C10H13Cl2N/c11-6-7-13-8-10(12)9-4-2-1-3-5-9/h1-5,10,13H,6-8H2/t10-/m0/s1. The average Bonchev–Trinajstić information content (AvgIpc) is 2.19. The van der Waals surface area contributed by atoms with Gasteiger partial charge in [-0.05, 0) is 5.56 Å². The fourth-order valence-corrected chi connectivity index (χ4v) is 1.46. The van der Waals surface area contributed by atoms with E-state index in [0.29, 0.717) is 5.88 Å². The highest BCUT2D eigenvalue weighted by atomic mass is 35.5. The Morgan fingerprint density at radius 2 is 1.92 bits per heavy atom. The first-order chi connectivity index (χ1) is 6.34. The zero-order valence-corrected chi connectivity index (χ0v) is 8.85. The van der Waals surface area contributed by atoms with E-state index >= 15 is 0 Å². The van der Waals surface area contributed by atoms with E-state index in [1.165, 1.54) is 0 Å². The SMILES string of the molecule is ClCCNC[C@H](Cl)c1ccccc1.